The minimum atomic E-state index is -0.998. The minimum Gasteiger partial charge on any atom is -0.292 e. The lowest BCUT2D eigenvalue weighted by molar-refractivity contribution is -0.508. The van der Waals surface area contributed by atoms with Crippen molar-refractivity contribution in [3.05, 3.63) is 46.0 Å². The first-order valence-electron chi connectivity index (χ1n) is 6.85. The van der Waals surface area contributed by atoms with Crippen LogP contribution in [0.2, 0.25) is 0 Å². The molecule has 0 aliphatic heterocycles. The van der Waals surface area contributed by atoms with Gasteiger partial charge < -0.3 is 0 Å². The fourth-order valence-corrected chi connectivity index (χ4v) is 2.11. The number of nitrogens with zero attached hydrogens (tertiary/aromatic N) is 1. The average molecular weight is 263 g/mol. The van der Waals surface area contributed by atoms with E-state index in [1.165, 1.54) is 5.56 Å². The van der Waals surface area contributed by atoms with E-state index in [0.29, 0.717) is 6.42 Å². The highest BCUT2D eigenvalue weighted by Crippen LogP contribution is 2.11. The molecule has 1 unspecified atom stereocenters. The molecule has 0 aliphatic carbocycles. The number of carbonyl (C=O) groups is 1. The Labute approximate surface area is 114 Å². The summed E-state index contributed by atoms with van der Waals surface area (Å²) in [6.45, 7) is 1.67. The Morgan fingerprint density at radius 2 is 1.89 bits per heavy atom. The van der Waals surface area contributed by atoms with Gasteiger partial charge in [0.05, 0.1) is 0 Å². The molecule has 1 atom stereocenters. The van der Waals surface area contributed by atoms with Gasteiger partial charge in [0, 0.05) is 17.8 Å². The molecule has 0 amide bonds. The van der Waals surface area contributed by atoms with E-state index in [0.717, 1.165) is 25.7 Å². The lowest BCUT2D eigenvalue weighted by atomic mass is 10.0. The molecular formula is C15H21NO3. The van der Waals surface area contributed by atoms with Crippen molar-refractivity contribution in [1.29, 1.82) is 0 Å². The number of Topliss-reactive ketones (excluding diaryl/α,β-unsaturated/α-hetero) is 1. The Hall–Kier alpha value is -1.71. The van der Waals surface area contributed by atoms with E-state index in [2.05, 4.69) is 12.1 Å². The van der Waals surface area contributed by atoms with Crippen LogP contribution in [0.5, 0.6) is 0 Å². The molecule has 19 heavy (non-hydrogen) atoms. The quantitative estimate of drug-likeness (QED) is 0.389. The third kappa shape index (κ3) is 5.64. The summed E-state index contributed by atoms with van der Waals surface area (Å²) >= 11 is 0. The van der Waals surface area contributed by atoms with Gasteiger partial charge in [0.15, 0.2) is 0 Å². The highest BCUT2D eigenvalue weighted by atomic mass is 16.6. The lowest BCUT2D eigenvalue weighted by Crippen LogP contribution is -2.28. The van der Waals surface area contributed by atoms with Crippen molar-refractivity contribution in [2.24, 2.45) is 0 Å². The SMILES string of the molecule is CCC(=O)C(CCCCCc1ccccc1)[N+](=O)[O-]. The van der Waals surface area contributed by atoms with Crippen molar-refractivity contribution in [1.82, 2.24) is 0 Å². The number of hydrogen-bond donors (Lipinski definition) is 0. The highest BCUT2D eigenvalue weighted by Gasteiger charge is 2.26. The molecule has 0 fully saturated rings. The Bertz CT molecular complexity index is 403. The number of carbonyl (C=O) groups excluding carboxylic acids is 1. The predicted octanol–water partition coefficient (Wildman–Crippen LogP) is 3.41. The number of hydrogen-bond acceptors (Lipinski definition) is 3. The van der Waals surface area contributed by atoms with E-state index >= 15 is 0 Å². The third-order valence-corrected chi connectivity index (χ3v) is 3.26. The Kier molecular flexibility index (Phi) is 6.79. The molecule has 0 radical (unpaired) electrons. The van der Waals surface area contributed by atoms with Crippen LogP contribution >= 0.6 is 0 Å². The molecule has 0 saturated heterocycles. The van der Waals surface area contributed by atoms with E-state index in [-0.39, 0.29) is 12.2 Å². The van der Waals surface area contributed by atoms with Crippen LogP contribution in [-0.4, -0.2) is 16.7 Å². The maximum atomic E-state index is 11.4. The van der Waals surface area contributed by atoms with Gasteiger partial charge in [0.25, 0.3) is 6.04 Å². The summed E-state index contributed by atoms with van der Waals surface area (Å²) in [5, 5.41) is 10.8. The van der Waals surface area contributed by atoms with Crippen LogP contribution in [0.25, 0.3) is 0 Å². The highest BCUT2D eigenvalue weighted by molar-refractivity contribution is 5.82. The number of aryl methyl sites for hydroxylation is 1. The van der Waals surface area contributed by atoms with Crippen LogP contribution in [0.1, 0.15) is 44.6 Å². The van der Waals surface area contributed by atoms with Crippen molar-refractivity contribution in [3.63, 3.8) is 0 Å². The van der Waals surface area contributed by atoms with Gasteiger partial charge in [-0.3, -0.25) is 14.9 Å². The van der Waals surface area contributed by atoms with E-state index in [4.69, 9.17) is 0 Å². The van der Waals surface area contributed by atoms with Crippen molar-refractivity contribution >= 4 is 5.78 Å². The Morgan fingerprint density at radius 1 is 1.21 bits per heavy atom. The van der Waals surface area contributed by atoms with Crippen LogP contribution in [0, 0.1) is 10.1 Å². The van der Waals surface area contributed by atoms with Crippen molar-refractivity contribution < 1.29 is 9.72 Å². The summed E-state index contributed by atoms with van der Waals surface area (Å²) < 4.78 is 0. The monoisotopic (exact) mass is 263 g/mol. The second-order valence-corrected chi connectivity index (χ2v) is 4.71. The largest absolute Gasteiger partial charge is 0.292 e. The van der Waals surface area contributed by atoms with Crippen molar-refractivity contribution in [2.75, 3.05) is 0 Å². The maximum absolute atomic E-state index is 11.4. The number of unbranched alkanes of at least 4 members (excludes halogenated alkanes) is 2. The number of nitro groups is 1. The first-order chi connectivity index (χ1) is 9.15. The van der Waals surface area contributed by atoms with Gasteiger partial charge in [-0.1, -0.05) is 43.7 Å². The lowest BCUT2D eigenvalue weighted by Gasteiger charge is -2.07. The maximum Gasteiger partial charge on any atom is 0.270 e. The molecule has 1 rings (SSSR count). The summed E-state index contributed by atoms with van der Waals surface area (Å²) in [7, 11) is 0. The second kappa shape index (κ2) is 8.40. The molecule has 1 aromatic rings. The molecule has 0 heterocycles. The molecule has 0 spiro atoms. The van der Waals surface area contributed by atoms with Crippen LogP contribution in [0.3, 0.4) is 0 Å². The molecule has 0 aromatic heterocycles. The molecule has 104 valence electrons. The summed E-state index contributed by atoms with van der Waals surface area (Å²) in [6.07, 6.45) is 4.28. The molecule has 4 heteroatoms. The molecule has 0 bridgehead atoms. The Morgan fingerprint density at radius 3 is 2.47 bits per heavy atom. The smallest absolute Gasteiger partial charge is 0.270 e. The molecular weight excluding hydrogens is 242 g/mol. The summed E-state index contributed by atoms with van der Waals surface area (Å²) in [5.74, 6) is -0.256. The van der Waals surface area contributed by atoms with Crippen molar-refractivity contribution in [2.45, 2.75) is 51.5 Å². The fourth-order valence-electron chi connectivity index (χ4n) is 2.11. The van der Waals surface area contributed by atoms with Gasteiger partial charge in [-0.25, -0.2) is 0 Å². The van der Waals surface area contributed by atoms with Gasteiger partial charge in [0.1, 0.15) is 0 Å². The van der Waals surface area contributed by atoms with Crippen LogP contribution in [0.15, 0.2) is 30.3 Å². The van der Waals surface area contributed by atoms with E-state index in [1.54, 1.807) is 6.92 Å². The van der Waals surface area contributed by atoms with Crippen molar-refractivity contribution in [3.8, 4) is 0 Å². The van der Waals surface area contributed by atoms with Gasteiger partial charge in [0.2, 0.25) is 5.78 Å². The van der Waals surface area contributed by atoms with Crippen LogP contribution < -0.4 is 0 Å². The summed E-state index contributed by atoms with van der Waals surface area (Å²) in [4.78, 5) is 21.7. The van der Waals surface area contributed by atoms with Crippen LogP contribution in [0.4, 0.5) is 0 Å². The van der Waals surface area contributed by atoms with Gasteiger partial charge in [-0.05, 0) is 24.8 Å². The normalized spacial score (nSPS) is 12.1. The standard InChI is InChI=1S/C15H21NO3/c1-2-15(17)14(16(18)19)12-8-4-7-11-13-9-5-3-6-10-13/h3,5-6,9-10,14H,2,4,7-8,11-12H2,1H3. The zero-order chi connectivity index (χ0) is 14.1. The average Bonchev–Trinajstić information content (AvgIpc) is 2.42. The molecule has 4 nitrogen and oxygen atoms in total. The second-order valence-electron chi connectivity index (χ2n) is 4.71. The fraction of sp³-hybridized carbons (Fsp3) is 0.533. The molecule has 0 aliphatic rings. The zero-order valence-electron chi connectivity index (χ0n) is 11.4. The molecule has 1 aromatic carbocycles. The molecule has 0 N–H and O–H groups in total. The van der Waals surface area contributed by atoms with E-state index in [1.807, 2.05) is 18.2 Å². The minimum absolute atomic E-state index is 0.246. The molecule has 0 saturated carbocycles. The third-order valence-electron chi connectivity index (χ3n) is 3.26. The first-order valence-corrected chi connectivity index (χ1v) is 6.85. The van der Waals surface area contributed by atoms with Gasteiger partial charge in [-0.15, -0.1) is 0 Å². The topological polar surface area (TPSA) is 60.2 Å². The zero-order valence-corrected chi connectivity index (χ0v) is 11.4. The van der Waals surface area contributed by atoms with Gasteiger partial charge in [-0.2, -0.15) is 0 Å². The predicted molar refractivity (Wildman–Crippen MR) is 74.7 cm³/mol. The van der Waals surface area contributed by atoms with E-state index < -0.39 is 11.0 Å². The Balaban J connectivity index is 2.22. The van der Waals surface area contributed by atoms with E-state index in [9.17, 15) is 14.9 Å². The number of benzene rings is 1. The first kappa shape index (κ1) is 15.3. The number of rotatable bonds is 9. The summed E-state index contributed by atoms with van der Waals surface area (Å²) in [6, 6.07) is 9.18. The van der Waals surface area contributed by atoms with Gasteiger partial charge >= 0.3 is 0 Å². The number of ketones is 1. The van der Waals surface area contributed by atoms with Crippen LogP contribution in [-0.2, 0) is 11.2 Å². The summed E-state index contributed by atoms with van der Waals surface area (Å²) in [5.41, 5.74) is 1.29.